The Kier molecular flexibility index (Phi) is 4.91. The van der Waals surface area contributed by atoms with Crippen LogP contribution in [0.1, 0.15) is 43.7 Å². The third kappa shape index (κ3) is 3.58. The smallest absolute Gasteiger partial charge is 0.230 e. The van der Waals surface area contributed by atoms with Gasteiger partial charge in [-0.2, -0.15) is 5.10 Å². The molecule has 2 aromatic rings. The van der Waals surface area contributed by atoms with Gasteiger partial charge in [-0.1, -0.05) is 30.5 Å². The van der Waals surface area contributed by atoms with Gasteiger partial charge >= 0.3 is 0 Å². The van der Waals surface area contributed by atoms with Crippen molar-refractivity contribution in [2.24, 2.45) is 5.92 Å². The average Bonchev–Trinajstić information content (AvgIpc) is 3.36. The van der Waals surface area contributed by atoms with E-state index in [0.717, 1.165) is 29.9 Å². The Morgan fingerprint density at radius 3 is 2.81 bits per heavy atom. The van der Waals surface area contributed by atoms with Crippen molar-refractivity contribution < 1.29 is 9.59 Å². The molecule has 1 N–H and O–H groups in total. The molecule has 27 heavy (non-hydrogen) atoms. The van der Waals surface area contributed by atoms with Crippen molar-refractivity contribution in [3.05, 3.63) is 41.0 Å². The summed E-state index contributed by atoms with van der Waals surface area (Å²) >= 11 is 6.03. The van der Waals surface area contributed by atoms with Crippen LogP contribution in [0.15, 0.2) is 30.5 Å². The van der Waals surface area contributed by atoms with E-state index in [4.69, 9.17) is 11.6 Å². The highest BCUT2D eigenvalue weighted by Gasteiger charge is 2.36. The minimum absolute atomic E-state index is 0.0570. The van der Waals surface area contributed by atoms with Crippen molar-refractivity contribution in [2.75, 3.05) is 16.8 Å². The zero-order valence-electron chi connectivity index (χ0n) is 15.3. The average molecular weight is 387 g/mol. The number of aryl methyl sites for hydroxylation is 1. The number of amides is 2. The molecule has 0 spiro atoms. The fraction of sp³-hybridized carbons (Fsp3) is 0.450. The van der Waals surface area contributed by atoms with Crippen molar-refractivity contribution in [2.45, 2.75) is 45.1 Å². The van der Waals surface area contributed by atoms with Crippen molar-refractivity contribution in [1.82, 2.24) is 9.78 Å². The molecule has 0 bridgehead atoms. The van der Waals surface area contributed by atoms with Crippen molar-refractivity contribution in [1.29, 1.82) is 0 Å². The van der Waals surface area contributed by atoms with E-state index in [1.54, 1.807) is 23.2 Å². The summed E-state index contributed by atoms with van der Waals surface area (Å²) in [7, 11) is 0. The highest BCUT2D eigenvalue weighted by molar-refractivity contribution is 6.31. The summed E-state index contributed by atoms with van der Waals surface area (Å²) in [5.41, 5.74) is 1.68. The molecule has 0 radical (unpaired) electrons. The molecule has 6 nitrogen and oxygen atoms in total. The van der Waals surface area contributed by atoms with Crippen LogP contribution in [0.5, 0.6) is 0 Å². The number of hydrogen-bond donors (Lipinski definition) is 1. The maximum absolute atomic E-state index is 12.9. The second-order valence-electron chi connectivity index (χ2n) is 7.43. The number of carbonyl (C=O) groups is 2. The van der Waals surface area contributed by atoms with Crippen LogP contribution in [0.4, 0.5) is 11.5 Å². The molecule has 1 atom stereocenters. The monoisotopic (exact) mass is 386 g/mol. The molecule has 1 aliphatic heterocycles. The molecule has 1 unspecified atom stereocenters. The highest BCUT2D eigenvalue weighted by Crippen LogP contribution is 2.33. The summed E-state index contributed by atoms with van der Waals surface area (Å²) in [5, 5.41) is 8.09. The summed E-state index contributed by atoms with van der Waals surface area (Å²) in [6.45, 7) is 2.31. The first-order valence-electron chi connectivity index (χ1n) is 9.44. The van der Waals surface area contributed by atoms with E-state index >= 15 is 0 Å². The molecule has 1 aromatic heterocycles. The third-order valence-electron chi connectivity index (χ3n) is 5.51. The Morgan fingerprint density at radius 1 is 1.30 bits per heavy atom. The number of anilines is 2. The van der Waals surface area contributed by atoms with Crippen molar-refractivity contribution in [3.8, 4) is 0 Å². The lowest BCUT2D eigenvalue weighted by atomic mass is 10.1. The van der Waals surface area contributed by atoms with Crippen LogP contribution >= 0.6 is 11.6 Å². The number of nitrogens with one attached hydrogen (secondary N) is 1. The summed E-state index contributed by atoms with van der Waals surface area (Å²) in [4.78, 5) is 26.9. The van der Waals surface area contributed by atoms with E-state index in [2.05, 4.69) is 10.4 Å². The summed E-state index contributed by atoms with van der Waals surface area (Å²) in [6, 6.07) is 7.51. The normalized spacial score (nSPS) is 20.4. The zero-order valence-corrected chi connectivity index (χ0v) is 16.1. The fourth-order valence-corrected chi connectivity index (χ4v) is 4.21. The van der Waals surface area contributed by atoms with Gasteiger partial charge in [0.25, 0.3) is 0 Å². The van der Waals surface area contributed by atoms with E-state index < -0.39 is 0 Å². The molecule has 1 aliphatic carbocycles. The first-order valence-corrected chi connectivity index (χ1v) is 9.81. The molecular weight excluding hydrogens is 364 g/mol. The van der Waals surface area contributed by atoms with Crippen molar-refractivity contribution >= 4 is 34.9 Å². The van der Waals surface area contributed by atoms with Crippen molar-refractivity contribution in [3.63, 3.8) is 0 Å². The van der Waals surface area contributed by atoms with E-state index in [1.807, 2.05) is 23.7 Å². The molecule has 2 heterocycles. The van der Waals surface area contributed by atoms with Gasteiger partial charge in [0.15, 0.2) is 0 Å². The van der Waals surface area contributed by atoms with Gasteiger partial charge in [0.05, 0.1) is 18.2 Å². The van der Waals surface area contributed by atoms with E-state index in [0.29, 0.717) is 17.6 Å². The van der Waals surface area contributed by atoms with Gasteiger partial charge in [0.2, 0.25) is 11.8 Å². The number of nitrogens with zero attached hydrogens (tertiary/aromatic N) is 3. The van der Waals surface area contributed by atoms with E-state index in [9.17, 15) is 9.59 Å². The summed E-state index contributed by atoms with van der Waals surface area (Å²) < 4.78 is 1.95. The first kappa shape index (κ1) is 18.0. The molecule has 2 fully saturated rings. The lowest BCUT2D eigenvalue weighted by Gasteiger charge is -2.18. The van der Waals surface area contributed by atoms with Crippen LogP contribution in [-0.4, -0.2) is 28.1 Å². The Labute approximate surface area is 163 Å². The van der Waals surface area contributed by atoms with Crippen LogP contribution in [0, 0.1) is 12.8 Å². The Hall–Kier alpha value is -2.34. The fourth-order valence-electron chi connectivity index (χ4n) is 4.03. The Balaban J connectivity index is 1.48. The number of carbonyl (C=O) groups excluding carboxylic acids is 2. The number of halogens is 1. The number of aromatic nitrogens is 2. The quantitative estimate of drug-likeness (QED) is 0.865. The SMILES string of the molecule is Cc1cnn(C2CCCC2)c1NC(=O)C1CC(=O)N(c2cccc(Cl)c2)C1. The molecule has 1 aromatic carbocycles. The second-order valence-corrected chi connectivity index (χ2v) is 7.87. The molecule has 7 heteroatoms. The minimum Gasteiger partial charge on any atom is -0.312 e. The first-order chi connectivity index (χ1) is 13.0. The van der Waals surface area contributed by atoms with Crippen LogP contribution < -0.4 is 10.2 Å². The van der Waals surface area contributed by atoms with Gasteiger partial charge in [-0.15, -0.1) is 0 Å². The molecule has 142 valence electrons. The minimum atomic E-state index is -0.386. The molecule has 1 saturated carbocycles. The van der Waals surface area contributed by atoms with E-state index in [-0.39, 0.29) is 24.2 Å². The molecule has 1 saturated heterocycles. The maximum atomic E-state index is 12.9. The van der Waals surface area contributed by atoms with Crippen LogP contribution in [-0.2, 0) is 9.59 Å². The number of rotatable bonds is 4. The van der Waals surface area contributed by atoms with E-state index in [1.165, 1.54) is 12.8 Å². The van der Waals surface area contributed by atoms with Crippen LogP contribution in [0.25, 0.3) is 0 Å². The summed E-state index contributed by atoms with van der Waals surface area (Å²) in [5.74, 6) is 0.192. The molecule has 2 aliphatic rings. The Morgan fingerprint density at radius 2 is 2.07 bits per heavy atom. The second kappa shape index (κ2) is 7.35. The number of benzene rings is 1. The van der Waals surface area contributed by atoms with Gasteiger partial charge < -0.3 is 10.2 Å². The largest absolute Gasteiger partial charge is 0.312 e. The number of hydrogen-bond acceptors (Lipinski definition) is 3. The zero-order chi connectivity index (χ0) is 19.0. The predicted octanol–water partition coefficient (Wildman–Crippen LogP) is 3.95. The Bertz CT molecular complexity index is 873. The van der Waals surface area contributed by atoms with Gasteiger partial charge in [-0.3, -0.25) is 9.59 Å². The third-order valence-corrected chi connectivity index (χ3v) is 5.74. The molecule has 2 amide bonds. The van der Waals surface area contributed by atoms with Crippen LogP contribution in [0.2, 0.25) is 5.02 Å². The van der Waals surface area contributed by atoms with Gasteiger partial charge in [-0.05, 0) is 38.0 Å². The standard InChI is InChI=1S/C20H23ClN4O2/c1-13-11-22-25(16-6-2-3-7-16)19(13)23-20(27)14-9-18(26)24(12-14)17-8-4-5-15(21)10-17/h4-5,8,10-11,14,16H,2-3,6-7,9,12H2,1H3,(H,23,27). The molecular formula is C20H23ClN4O2. The van der Waals surface area contributed by atoms with Gasteiger partial charge in [0, 0.05) is 29.2 Å². The predicted molar refractivity (Wildman–Crippen MR) is 105 cm³/mol. The lowest BCUT2D eigenvalue weighted by Crippen LogP contribution is -2.29. The molecule has 4 rings (SSSR count). The summed E-state index contributed by atoms with van der Waals surface area (Å²) in [6.07, 6.45) is 6.58. The van der Waals surface area contributed by atoms with Gasteiger partial charge in [0.1, 0.15) is 5.82 Å². The maximum Gasteiger partial charge on any atom is 0.230 e. The topological polar surface area (TPSA) is 67.2 Å². The van der Waals surface area contributed by atoms with Gasteiger partial charge in [-0.25, -0.2) is 4.68 Å². The lowest BCUT2D eigenvalue weighted by molar-refractivity contribution is -0.122. The highest BCUT2D eigenvalue weighted by atomic mass is 35.5. The van der Waals surface area contributed by atoms with Crippen LogP contribution in [0.3, 0.4) is 0 Å².